The van der Waals surface area contributed by atoms with E-state index >= 15 is 0 Å². The van der Waals surface area contributed by atoms with E-state index in [1.165, 1.54) is 0 Å². The molecule has 2 fully saturated rings. The van der Waals surface area contributed by atoms with Crippen LogP contribution in [0, 0.1) is 6.92 Å². The van der Waals surface area contributed by atoms with E-state index in [4.69, 9.17) is 9.26 Å². The number of likely N-dealkylation sites (tertiary alicyclic amines) is 1. The standard InChI is InChI=1S/C16H19N5O3/c1-12-18-14(24-19-12)21-7-2-3-13(4-8-21)20-9-5-16(6-10-20)11-17-15(22)23-16/h2-4,7-8H,5-6,9-11H2,1H3,(H,17,22). The molecule has 1 spiro atoms. The van der Waals surface area contributed by atoms with Crippen molar-refractivity contribution in [3.05, 3.63) is 42.1 Å². The molecule has 0 unspecified atom stereocenters. The van der Waals surface area contributed by atoms with E-state index in [9.17, 15) is 4.79 Å². The predicted octanol–water partition coefficient (Wildman–Crippen LogP) is 1.68. The van der Waals surface area contributed by atoms with Crippen molar-refractivity contribution in [3.8, 4) is 0 Å². The maximum atomic E-state index is 11.3. The number of hydrogen-bond donors (Lipinski definition) is 1. The average Bonchev–Trinajstić information content (AvgIpc) is 3.06. The van der Waals surface area contributed by atoms with Gasteiger partial charge in [0, 0.05) is 44.0 Å². The first-order valence-electron chi connectivity index (χ1n) is 8.01. The summed E-state index contributed by atoms with van der Waals surface area (Å²) in [7, 11) is 0. The smallest absolute Gasteiger partial charge is 0.407 e. The Morgan fingerprint density at radius 2 is 2.12 bits per heavy atom. The largest absolute Gasteiger partial charge is 0.441 e. The zero-order valence-corrected chi connectivity index (χ0v) is 13.4. The van der Waals surface area contributed by atoms with Crippen molar-refractivity contribution in [2.75, 3.05) is 24.5 Å². The van der Waals surface area contributed by atoms with E-state index < -0.39 is 0 Å². The molecule has 126 valence electrons. The number of carbonyl (C=O) groups excluding carboxylic acids is 1. The molecule has 1 aromatic rings. The normalized spacial score (nSPS) is 22.4. The topological polar surface area (TPSA) is 83.7 Å². The van der Waals surface area contributed by atoms with Crippen molar-refractivity contribution < 1.29 is 14.1 Å². The second-order valence-corrected chi connectivity index (χ2v) is 6.19. The Morgan fingerprint density at radius 3 is 2.79 bits per heavy atom. The van der Waals surface area contributed by atoms with Gasteiger partial charge >= 0.3 is 12.1 Å². The van der Waals surface area contributed by atoms with E-state index in [-0.39, 0.29) is 11.7 Å². The Labute approximate surface area is 139 Å². The number of anilines is 1. The minimum Gasteiger partial charge on any atom is -0.441 e. The number of amides is 1. The zero-order chi connectivity index (χ0) is 16.6. The van der Waals surface area contributed by atoms with Gasteiger partial charge in [0.2, 0.25) is 0 Å². The van der Waals surface area contributed by atoms with E-state index in [1.54, 1.807) is 11.8 Å². The molecule has 0 bridgehead atoms. The van der Waals surface area contributed by atoms with E-state index in [1.807, 2.05) is 24.6 Å². The van der Waals surface area contributed by atoms with Crippen molar-refractivity contribution in [2.24, 2.45) is 0 Å². The van der Waals surface area contributed by atoms with E-state index in [0.717, 1.165) is 31.6 Å². The Bertz CT molecular complexity index is 728. The number of aryl methyl sites for hydroxylation is 1. The number of rotatable bonds is 2. The lowest BCUT2D eigenvalue weighted by Crippen LogP contribution is -2.46. The summed E-state index contributed by atoms with van der Waals surface area (Å²) in [4.78, 5) is 19.6. The molecule has 24 heavy (non-hydrogen) atoms. The van der Waals surface area contributed by atoms with Gasteiger partial charge in [-0.05, 0) is 25.2 Å². The van der Waals surface area contributed by atoms with Crippen molar-refractivity contribution in [1.82, 2.24) is 20.4 Å². The molecule has 2 saturated heterocycles. The molecule has 8 nitrogen and oxygen atoms in total. The summed E-state index contributed by atoms with van der Waals surface area (Å²) in [5.74, 6) is 0.602. The average molecular weight is 329 g/mol. The van der Waals surface area contributed by atoms with Crippen LogP contribution < -0.4 is 10.2 Å². The van der Waals surface area contributed by atoms with E-state index in [2.05, 4.69) is 26.4 Å². The van der Waals surface area contributed by atoms with Gasteiger partial charge in [0.1, 0.15) is 5.60 Å². The summed E-state index contributed by atoms with van der Waals surface area (Å²) in [5, 5.41) is 6.57. The predicted molar refractivity (Wildman–Crippen MR) is 85.9 cm³/mol. The van der Waals surface area contributed by atoms with Crippen LogP contribution in [0.25, 0.3) is 0 Å². The Hall–Kier alpha value is -2.77. The third kappa shape index (κ3) is 2.75. The van der Waals surface area contributed by atoms with Gasteiger partial charge in [-0.15, -0.1) is 0 Å². The highest BCUT2D eigenvalue weighted by Crippen LogP contribution is 2.31. The number of alkyl carbamates (subject to hydrolysis) is 1. The molecule has 8 heteroatoms. The molecule has 1 N–H and O–H groups in total. The number of hydrogen-bond acceptors (Lipinski definition) is 7. The molecule has 0 atom stereocenters. The number of nitrogens with one attached hydrogen (secondary N) is 1. The van der Waals surface area contributed by atoms with Crippen molar-refractivity contribution in [1.29, 1.82) is 0 Å². The van der Waals surface area contributed by atoms with Gasteiger partial charge in [0.05, 0.1) is 6.54 Å². The molecule has 0 radical (unpaired) electrons. The lowest BCUT2D eigenvalue weighted by molar-refractivity contribution is 0.00922. The molecule has 0 aliphatic carbocycles. The van der Waals surface area contributed by atoms with Crippen LogP contribution in [-0.2, 0) is 4.74 Å². The second kappa shape index (κ2) is 5.70. The summed E-state index contributed by atoms with van der Waals surface area (Å²) < 4.78 is 10.6. The summed E-state index contributed by atoms with van der Waals surface area (Å²) in [5.41, 5.74) is 0.781. The Balaban J connectivity index is 1.42. The first-order chi connectivity index (χ1) is 11.6. The number of aromatic nitrogens is 2. The van der Waals surface area contributed by atoms with Gasteiger partial charge in [0.15, 0.2) is 5.82 Å². The van der Waals surface area contributed by atoms with Gasteiger partial charge in [-0.2, -0.15) is 4.98 Å². The fourth-order valence-corrected chi connectivity index (χ4v) is 3.18. The van der Waals surface area contributed by atoms with Crippen molar-refractivity contribution in [3.63, 3.8) is 0 Å². The number of ether oxygens (including phenoxy) is 1. The molecule has 3 aliphatic heterocycles. The van der Waals surface area contributed by atoms with Crippen LogP contribution in [0.15, 0.2) is 40.8 Å². The molecule has 1 aromatic heterocycles. The molecule has 3 aliphatic rings. The monoisotopic (exact) mass is 329 g/mol. The van der Waals surface area contributed by atoms with Crippen LogP contribution in [0.2, 0.25) is 0 Å². The van der Waals surface area contributed by atoms with Gasteiger partial charge in [0.25, 0.3) is 0 Å². The first-order valence-corrected chi connectivity index (χ1v) is 8.01. The summed E-state index contributed by atoms with van der Waals surface area (Å²) in [6.07, 6.45) is 11.2. The van der Waals surface area contributed by atoms with Gasteiger partial charge in [-0.1, -0.05) is 5.16 Å². The highest BCUT2D eigenvalue weighted by Gasteiger charge is 2.42. The van der Waals surface area contributed by atoms with Gasteiger partial charge in [-0.25, -0.2) is 4.79 Å². The SMILES string of the molecule is Cc1noc(N2C=CC=C(N3CCC4(CC3)CNC(=O)O4)C=C2)n1. The van der Waals surface area contributed by atoms with Crippen LogP contribution >= 0.6 is 0 Å². The molecule has 4 heterocycles. The third-order valence-electron chi connectivity index (χ3n) is 4.56. The number of carbonyl (C=O) groups is 1. The van der Waals surface area contributed by atoms with Crippen LogP contribution in [-0.4, -0.2) is 46.4 Å². The maximum Gasteiger partial charge on any atom is 0.407 e. The zero-order valence-electron chi connectivity index (χ0n) is 13.4. The highest BCUT2D eigenvalue weighted by molar-refractivity contribution is 5.70. The van der Waals surface area contributed by atoms with E-state index in [0.29, 0.717) is 18.4 Å². The molecular formula is C16H19N5O3. The highest BCUT2D eigenvalue weighted by atomic mass is 16.6. The first kappa shape index (κ1) is 14.8. The van der Waals surface area contributed by atoms with Crippen LogP contribution in [0.1, 0.15) is 18.7 Å². The van der Waals surface area contributed by atoms with Crippen LogP contribution in [0.4, 0.5) is 10.8 Å². The quantitative estimate of drug-likeness (QED) is 0.884. The Morgan fingerprint density at radius 1 is 1.29 bits per heavy atom. The fraction of sp³-hybridized carbons (Fsp3) is 0.438. The molecule has 0 saturated carbocycles. The minimum atomic E-state index is -0.328. The number of nitrogens with zero attached hydrogens (tertiary/aromatic N) is 4. The Kier molecular flexibility index (Phi) is 3.51. The molecule has 4 rings (SSSR count). The third-order valence-corrected chi connectivity index (χ3v) is 4.56. The van der Waals surface area contributed by atoms with Crippen LogP contribution in [0.3, 0.4) is 0 Å². The number of allylic oxidation sites excluding steroid dienone is 3. The lowest BCUT2D eigenvalue weighted by atomic mass is 9.91. The maximum absolute atomic E-state index is 11.3. The summed E-state index contributed by atoms with van der Waals surface area (Å²) >= 11 is 0. The number of piperidine rings is 1. The van der Waals surface area contributed by atoms with Crippen molar-refractivity contribution in [2.45, 2.75) is 25.4 Å². The van der Waals surface area contributed by atoms with Gasteiger partial charge < -0.3 is 19.5 Å². The van der Waals surface area contributed by atoms with Crippen LogP contribution in [0.5, 0.6) is 0 Å². The molecule has 1 amide bonds. The van der Waals surface area contributed by atoms with Crippen molar-refractivity contribution >= 4 is 12.1 Å². The lowest BCUT2D eigenvalue weighted by Gasteiger charge is -2.38. The van der Waals surface area contributed by atoms with Gasteiger partial charge in [-0.3, -0.25) is 4.90 Å². The molecule has 0 aromatic carbocycles. The molecular weight excluding hydrogens is 310 g/mol. The fourth-order valence-electron chi connectivity index (χ4n) is 3.18. The summed E-state index contributed by atoms with van der Waals surface area (Å²) in [6.45, 7) is 4.09. The minimum absolute atomic E-state index is 0.301. The summed E-state index contributed by atoms with van der Waals surface area (Å²) in [6, 6.07) is 0.441. The second-order valence-electron chi connectivity index (χ2n) is 6.19.